The number of benzene rings is 3. The Morgan fingerprint density at radius 3 is 1.62 bits per heavy atom. The van der Waals surface area contributed by atoms with Crippen molar-refractivity contribution in [2.45, 2.75) is 18.8 Å². The summed E-state index contributed by atoms with van der Waals surface area (Å²) in [5.74, 6) is -3.20. The molecule has 2 atom stereocenters. The van der Waals surface area contributed by atoms with Gasteiger partial charge in [-0.05, 0) is 41.3 Å². The van der Waals surface area contributed by atoms with Crippen LogP contribution in [0.4, 0.5) is 5.69 Å². The molecule has 144 valence electrons. The molecule has 0 aromatic heterocycles. The highest BCUT2D eigenvalue weighted by Gasteiger charge is 2.55. The van der Waals surface area contributed by atoms with E-state index in [2.05, 4.69) is 5.32 Å². The van der Waals surface area contributed by atoms with E-state index in [4.69, 9.17) is 0 Å². The molecule has 4 nitrogen and oxygen atoms in total. The van der Waals surface area contributed by atoms with Gasteiger partial charge >= 0.3 is 5.97 Å². The molecule has 0 fully saturated rings. The molecule has 0 heterocycles. The number of aryl methyl sites for hydroxylation is 1. The summed E-state index contributed by atoms with van der Waals surface area (Å²) in [7, 11) is 0. The smallest absolute Gasteiger partial charge is 0.308 e. The number of nitrogens with one attached hydrogen (secondary N) is 1. The molecule has 0 radical (unpaired) electrons. The fraction of sp³-hybridized carbons (Fsp3) is 0.200. The van der Waals surface area contributed by atoms with Crippen LogP contribution in [0, 0.1) is 18.8 Å². The molecular formula is C25H21NO3. The van der Waals surface area contributed by atoms with Gasteiger partial charge in [-0.3, -0.25) is 9.59 Å². The highest BCUT2D eigenvalue weighted by molar-refractivity contribution is 5.98. The standard InChI is InChI=1S/C25H21NO3/c1-14-10-12-15(13-11-14)26-24(27)22-20-16-6-2-4-8-18(16)21(23(22)25(28)29)19-9-5-3-7-17(19)20/h2-13,20-23H,1H3,(H,26,27)(H,28,29)/t20?,21?,22-,23+/m0/s1. The first-order valence-electron chi connectivity index (χ1n) is 9.84. The number of fused-ring (bicyclic) bond motifs is 1. The fourth-order valence-electron chi connectivity index (χ4n) is 5.15. The van der Waals surface area contributed by atoms with Crippen LogP contribution >= 0.6 is 0 Å². The van der Waals surface area contributed by atoms with Gasteiger partial charge in [-0.15, -0.1) is 0 Å². The summed E-state index contributed by atoms with van der Waals surface area (Å²) < 4.78 is 0. The van der Waals surface area contributed by atoms with Crippen molar-refractivity contribution in [1.29, 1.82) is 0 Å². The van der Waals surface area contributed by atoms with Crippen molar-refractivity contribution in [3.63, 3.8) is 0 Å². The van der Waals surface area contributed by atoms with E-state index in [0.717, 1.165) is 27.8 Å². The second-order valence-electron chi connectivity index (χ2n) is 7.96. The Morgan fingerprint density at radius 1 is 0.724 bits per heavy atom. The number of carboxylic acid groups (broad SMARTS) is 1. The van der Waals surface area contributed by atoms with E-state index in [9.17, 15) is 14.7 Å². The number of amides is 1. The number of aliphatic carboxylic acids is 1. The van der Waals surface area contributed by atoms with Crippen LogP contribution in [0.1, 0.15) is 39.7 Å². The summed E-state index contributed by atoms with van der Waals surface area (Å²) in [5.41, 5.74) is 5.99. The van der Waals surface area contributed by atoms with E-state index in [1.54, 1.807) is 0 Å². The van der Waals surface area contributed by atoms with Crippen molar-refractivity contribution in [3.05, 3.63) is 101 Å². The molecule has 2 bridgehead atoms. The average Bonchev–Trinajstić information content (AvgIpc) is 2.74. The number of anilines is 1. The second-order valence-corrected chi connectivity index (χ2v) is 7.96. The van der Waals surface area contributed by atoms with Crippen LogP contribution < -0.4 is 5.32 Å². The Kier molecular flexibility index (Phi) is 4.02. The summed E-state index contributed by atoms with van der Waals surface area (Å²) in [5, 5.41) is 13.1. The molecule has 0 spiro atoms. The van der Waals surface area contributed by atoms with Gasteiger partial charge in [0, 0.05) is 17.5 Å². The molecule has 1 amide bonds. The van der Waals surface area contributed by atoms with E-state index >= 15 is 0 Å². The third kappa shape index (κ3) is 2.67. The summed E-state index contributed by atoms with van der Waals surface area (Å²) >= 11 is 0. The Balaban J connectivity index is 1.64. The quantitative estimate of drug-likeness (QED) is 0.698. The maximum atomic E-state index is 13.4. The van der Waals surface area contributed by atoms with Gasteiger partial charge < -0.3 is 10.4 Å². The first-order valence-corrected chi connectivity index (χ1v) is 9.84. The molecular weight excluding hydrogens is 362 g/mol. The Hall–Kier alpha value is -3.40. The Bertz CT molecular complexity index is 1070. The van der Waals surface area contributed by atoms with Crippen molar-refractivity contribution in [1.82, 2.24) is 0 Å². The van der Waals surface area contributed by atoms with Gasteiger partial charge in [-0.2, -0.15) is 0 Å². The molecule has 4 heteroatoms. The second kappa shape index (κ2) is 6.59. The summed E-state index contributed by atoms with van der Waals surface area (Å²) in [6, 6.07) is 23.5. The van der Waals surface area contributed by atoms with Gasteiger partial charge in [0.05, 0.1) is 11.8 Å². The number of carbonyl (C=O) groups is 2. The topological polar surface area (TPSA) is 66.4 Å². The predicted octanol–water partition coefficient (Wildman–Crippen LogP) is 4.54. The highest BCUT2D eigenvalue weighted by Crippen LogP contribution is 2.58. The van der Waals surface area contributed by atoms with E-state index < -0.39 is 17.8 Å². The number of carbonyl (C=O) groups excluding carboxylic acids is 1. The number of carboxylic acids is 1. The predicted molar refractivity (Wildman–Crippen MR) is 111 cm³/mol. The van der Waals surface area contributed by atoms with Crippen LogP contribution in [0.3, 0.4) is 0 Å². The van der Waals surface area contributed by atoms with Crippen LogP contribution in [0.15, 0.2) is 72.8 Å². The van der Waals surface area contributed by atoms with E-state index in [1.165, 1.54) is 0 Å². The molecule has 3 aliphatic carbocycles. The third-order valence-electron chi connectivity index (χ3n) is 6.34. The van der Waals surface area contributed by atoms with Gasteiger partial charge in [-0.25, -0.2) is 0 Å². The van der Waals surface area contributed by atoms with Gasteiger partial charge in [0.15, 0.2) is 0 Å². The maximum Gasteiger partial charge on any atom is 0.308 e. The van der Waals surface area contributed by atoms with E-state index in [-0.39, 0.29) is 17.7 Å². The molecule has 3 aliphatic rings. The van der Waals surface area contributed by atoms with Crippen LogP contribution in [0.25, 0.3) is 0 Å². The van der Waals surface area contributed by atoms with Crippen molar-refractivity contribution in [3.8, 4) is 0 Å². The number of rotatable bonds is 3. The average molecular weight is 383 g/mol. The molecule has 0 saturated heterocycles. The first-order chi connectivity index (χ1) is 14.1. The largest absolute Gasteiger partial charge is 0.481 e. The molecule has 6 rings (SSSR count). The lowest BCUT2D eigenvalue weighted by molar-refractivity contribution is -0.148. The zero-order valence-electron chi connectivity index (χ0n) is 16.0. The van der Waals surface area contributed by atoms with Gasteiger partial charge in [0.2, 0.25) is 5.91 Å². The SMILES string of the molecule is Cc1ccc(NC(=O)[C@H]2C3c4ccccc4C(c4ccccc43)[C@H]2C(=O)O)cc1. The van der Waals surface area contributed by atoms with E-state index in [0.29, 0.717) is 5.69 Å². The van der Waals surface area contributed by atoms with E-state index in [1.807, 2.05) is 79.7 Å². The zero-order chi connectivity index (χ0) is 20.1. The third-order valence-corrected chi connectivity index (χ3v) is 6.34. The fourth-order valence-corrected chi connectivity index (χ4v) is 5.15. The minimum absolute atomic E-state index is 0.236. The van der Waals surface area contributed by atoms with Crippen LogP contribution in [0.2, 0.25) is 0 Å². The number of hydrogen-bond donors (Lipinski definition) is 2. The van der Waals surface area contributed by atoms with Crippen LogP contribution in [-0.4, -0.2) is 17.0 Å². The molecule has 3 aromatic carbocycles. The normalized spacial score (nSPS) is 23.8. The zero-order valence-corrected chi connectivity index (χ0v) is 16.0. The number of hydrogen-bond acceptors (Lipinski definition) is 2. The van der Waals surface area contributed by atoms with Gasteiger partial charge in [-0.1, -0.05) is 66.2 Å². The van der Waals surface area contributed by atoms with Crippen molar-refractivity contribution >= 4 is 17.6 Å². The van der Waals surface area contributed by atoms with Crippen LogP contribution in [-0.2, 0) is 9.59 Å². The maximum absolute atomic E-state index is 13.4. The van der Waals surface area contributed by atoms with Crippen molar-refractivity contribution < 1.29 is 14.7 Å². The van der Waals surface area contributed by atoms with Gasteiger partial charge in [0.25, 0.3) is 0 Å². The highest BCUT2D eigenvalue weighted by atomic mass is 16.4. The van der Waals surface area contributed by atoms with Gasteiger partial charge in [0.1, 0.15) is 0 Å². The monoisotopic (exact) mass is 383 g/mol. The van der Waals surface area contributed by atoms with Crippen LogP contribution in [0.5, 0.6) is 0 Å². The summed E-state index contributed by atoms with van der Waals surface area (Å²) in [6.07, 6.45) is 0. The molecule has 3 aromatic rings. The lowest BCUT2D eigenvalue weighted by Crippen LogP contribution is -2.48. The van der Waals surface area contributed by atoms with Crippen molar-refractivity contribution in [2.75, 3.05) is 5.32 Å². The first kappa shape index (κ1) is 17.7. The lowest BCUT2D eigenvalue weighted by Gasteiger charge is -2.48. The minimum atomic E-state index is -0.923. The lowest BCUT2D eigenvalue weighted by atomic mass is 9.54. The Labute approximate surface area is 169 Å². The molecule has 29 heavy (non-hydrogen) atoms. The Morgan fingerprint density at radius 2 is 1.17 bits per heavy atom. The minimum Gasteiger partial charge on any atom is -0.481 e. The van der Waals surface area contributed by atoms with Crippen molar-refractivity contribution in [2.24, 2.45) is 11.8 Å². The molecule has 0 unspecified atom stereocenters. The molecule has 2 N–H and O–H groups in total. The summed E-state index contributed by atoms with van der Waals surface area (Å²) in [4.78, 5) is 25.8. The molecule has 0 aliphatic heterocycles. The summed E-state index contributed by atoms with van der Waals surface area (Å²) in [6.45, 7) is 1.99. The molecule has 0 saturated carbocycles.